The van der Waals surface area contributed by atoms with Crippen molar-refractivity contribution < 1.29 is 9.13 Å². The van der Waals surface area contributed by atoms with Crippen LogP contribution in [0.1, 0.15) is 0 Å². The van der Waals surface area contributed by atoms with Crippen LogP contribution in [-0.2, 0) is 0 Å². The highest BCUT2D eigenvalue weighted by molar-refractivity contribution is 6.31. The quantitative estimate of drug-likeness (QED) is 0.849. The smallest absolute Gasteiger partial charge is 0.167 e. The minimum atomic E-state index is -0.536. The molecule has 1 heterocycles. The fourth-order valence-electron chi connectivity index (χ4n) is 1.48. The van der Waals surface area contributed by atoms with Gasteiger partial charge in [-0.2, -0.15) is 5.10 Å². The number of aromatic amines is 1. The van der Waals surface area contributed by atoms with Gasteiger partial charge in [-0.25, -0.2) is 4.39 Å². The highest BCUT2D eigenvalue weighted by atomic mass is 35.5. The average Bonchev–Trinajstić information content (AvgIpc) is 2.63. The van der Waals surface area contributed by atoms with Crippen molar-refractivity contribution >= 4 is 17.4 Å². The van der Waals surface area contributed by atoms with Crippen LogP contribution in [0, 0.1) is 5.82 Å². The molecule has 84 valence electrons. The van der Waals surface area contributed by atoms with E-state index >= 15 is 0 Å². The average molecular weight is 242 g/mol. The first kappa shape index (κ1) is 10.8. The molecule has 0 saturated carbocycles. The highest BCUT2D eigenvalue weighted by Gasteiger charge is 2.15. The SMILES string of the molecule is COc1c(F)cc(Cl)cc1-c1cn[nH]c1N. The van der Waals surface area contributed by atoms with E-state index in [4.69, 9.17) is 22.1 Å². The van der Waals surface area contributed by atoms with Gasteiger partial charge in [0.1, 0.15) is 5.82 Å². The minimum absolute atomic E-state index is 0.0949. The molecule has 0 aliphatic rings. The monoisotopic (exact) mass is 241 g/mol. The maximum Gasteiger partial charge on any atom is 0.167 e. The largest absolute Gasteiger partial charge is 0.493 e. The van der Waals surface area contributed by atoms with Crippen molar-refractivity contribution in [3.05, 3.63) is 29.2 Å². The van der Waals surface area contributed by atoms with Gasteiger partial charge < -0.3 is 10.5 Å². The van der Waals surface area contributed by atoms with Crippen LogP contribution in [-0.4, -0.2) is 17.3 Å². The van der Waals surface area contributed by atoms with Gasteiger partial charge in [-0.1, -0.05) is 11.6 Å². The lowest BCUT2D eigenvalue weighted by molar-refractivity contribution is 0.388. The Morgan fingerprint density at radius 3 is 2.75 bits per heavy atom. The van der Waals surface area contributed by atoms with Crippen molar-refractivity contribution in [2.75, 3.05) is 12.8 Å². The molecule has 16 heavy (non-hydrogen) atoms. The molecule has 3 N–H and O–H groups in total. The normalized spacial score (nSPS) is 10.4. The minimum Gasteiger partial charge on any atom is -0.493 e. The molecule has 2 rings (SSSR count). The summed E-state index contributed by atoms with van der Waals surface area (Å²) in [6.45, 7) is 0. The van der Waals surface area contributed by atoms with Gasteiger partial charge in [0.05, 0.1) is 13.3 Å². The van der Waals surface area contributed by atoms with Crippen molar-refractivity contribution in [1.82, 2.24) is 10.2 Å². The zero-order valence-corrected chi connectivity index (χ0v) is 9.18. The number of nitrogens with one attached hydrogen (secondary N) is 1. The van der Waals surface area contributed by atoms with E-state index in [2.05, 4.69) is 10.2 Å². The number of aromatic nitrogens is 2. The second-order valence-corrected chi connectivity index (χ2v) is 3.60. The number of nitrogen functional groups attached to an aromatic ring is 1. The van der Waals surface area contributed by atoms with Gasteiger partial charge in [-0.15, -0.1) is 0 Å². The van der Waals surface area contributed by atoms with E-state index < -0.39 is 5.82 Å². The number of benzene rings is 1. The summed E-state index contributed by atoms with van der Waals surface area (Å²) in [5.41, 5.74) is 6.68. The zero-order valence-electron chi connectivity index (χ0n) is 8.42. The van der Waals surface area contributed by atoms with Crippen molar-refractivity contribution in [1.29, 1.82) is 0 Å². The van der Waals surface area contributed by atoms with E-state index in [1.807, 2.05) is 0 Å². The Balaban J connectivity index is 2.68. The first-order valence-corrected chi connectivity index (χ1v) is 4.83. The Hall–Kier alpha value is -1.75. The van der Waals surface area contributed by atoms with Crippen LogP contribution >= 0.6 is 11.6 Å². The number of hydrogen-bond donors (Lipinski definition) is 2. The third-order valence-corrected chi connectivity index (χ3v) is 2.39. The van der Waals surface area contributed by atoms with E-state index in [0.29, 0.717) is 16.9 Å². The van der Waals surface area contributed by atoms with Crippen LogP contribution in [0.3, 0.4) is 0 Å². The summed E-state index contributed by atoms with van der Waals surface area (Å²) in [7, 11) is 1.38. The summed E-state index contributed by atoms with van der Waals surface area (Å²) in [6.07, 6.45) is 1.49. The Bertz CT molecular complexity index is 527. The number of H-pyrrole nitrogens is 1. The van der Waals surface area contributed by atoms with Crippen LogP contribution < -0.4 is 10.5 Å². The number of nitrogens with two attached hydrogens (primary N) is 1. The topological polar surface area (TPSA) is 63.9 Å². The number of hydrogen-bond acceptors (Lipinski definition) is 3. The van der Waals surface area contributed by atoms with Crippen molar-refractivity contribution in [3.63, 3.8) is 0 Å². The van der Waals surface area contributed by atoms with Gasteiger partial charge in [0.15, 0.2) is 11.6 Å². The first-order chi connectivity index (χ1) is 7.63. The van der Waals surface area contributed by atoms with Crippen LogP contribution in [0.4, 0.5) is 10.2 Å². The van der Waals surface area contributed by atoms with Gasteiger partial charge in [0.2, 0.25) is 0 Å². The maximum atomic E-state index is 13.6. The summed E-state index contributed by atoms with van der Waals surface area (Å²) < 4.78 is 18.5. The number of rotatable bonds is 2. The van der Waals surface area contributed by atoms with Gasteiger partial charge in [-0.05, 0) is 12.1 Å². The second kappa shape index (κ2) is 4.02. The van der Waals surface area contributed by atoms with E-state index in [1.165, 1.54) is 19.4 Å². The van der Waals surface area contributed by atoms with Gasteiger partial charge in [0, 0.05) is 16.1 Å². The molecule has 6 heteroatoms. The molecule has 0 aliphatic heterocycles. The van der Waals surface area contributed by atoms with Crippen LogP contribution in [0.15, 0.2) is 18.3 Å². The molecule has 1 aromatic heterocycles. The molecule has 0 amide bonds. The lowest BCUT2D eigenvalue weighted by atomic mass is 10.1. The summed E-state index contributed by atoms with van der Waals surface area (Å²) >= 11 is 5.78. The molecule has 1 aromatic carbocycles. The van der Waals surface area contributed by atoms with E-state index in [-0.39, 0.29) is 10.8 Å². The predicted octanol–water partition coefficient (Wildman–Crippen LogP) is 2.46. The molecular weight excluding hydrogens is 233 g/mol. The molecule has 0 spiro atoms. The molecule has 4 nitrogen and oxygen atoms in total. The lowest BCUT2D eigenvalue weighted by Crippen LogP contribution is -1.94. The van der Waals surface area contributed by atoms with Crippen molar-refractivity contribution in [2.45, 2.75) is 0 Å². The summed E-state index contributed by atoms with van der Waals surface area (Å²) in [4.78, 5) is 0. The molecule has 0 fully saturated rings. The Morgan fingerprint density at radius 1 is 1.44 bits per heavy atom. The van der Waals surface area contributed by atoms with Crippen LogP contribution in [0.5, 0.6) is 5.75 Å². The van der Waals surface area contributed by atoms with Gasteiger partial charge in [0.25, 0.3) is 0 Å². The molecule has 0 atom stereocenters. The van der Waals surface area contributed by atoms with Crippen LogP contribution in [0.25, 0.3) is 11.1 Å². The highest BCUT2D eigenvalue weighted by Crippen LogP contribution is 2.36. The third kappa shape index (κ3) is 1.69. The Kier molecular flexibility index (Phi) is 2.70. The number of anilines is 1. The summed E-state index contributed by atoms with van der Waals surface area (Å²) in [6, 6.07) is 2.75. The molecule has 0 radical (unpaired) electrons. The zero-order chi connectivity index (χ0) is 11.7. The molecule has 2 aromatic rings. The standard InChI is InChI=1S/C10H9ClFN3O/c1-16-9-6(2-5(11)3-8(9)12)7-4-14-15-10(7)13/h2-4H,1H3,(H3,13,14,15). The third-order valence-electron chi connectivity index (χ3n) is 2.17. The Morgan fingerprint density at radius 2 is 2.19 bits per heavy atom. The molecular formula is C10H9ClFN3O. The molecule has 0 saturated heterocycles. The van der Waals surface area contributed by atoms with E-state index in [9.17, 15) is 4.39 Å². The predicted molar refractivity (Wildman–Crippen MR) is 60.0 cm³/mol. The number of methoxy groups -OCH3 is 1. The second-order valence-electron chi connectivity index (χ2n) is 3.17. The summed E-state index contributed by atoms with van der Waals surface area (Å²) in [5.74, 6) is -0.108. The van der Waals surface area contributed by atoms with Crippen molar-refractivity contribution in [3.8, 4) is 16.9 Å². The number of nitrogens with zero attached hydrogens (tertiary/aromatic N) is 1. The fourth-order valence-corrected chi connectivity index (χ4v) is 1.68. The Labute approximate surface area is 96.2 Å². The van der Waals surface area contributed by atoms with Crippen molar-refractivity contribution in [2.24, 2.45) is 0 Å². The van der Waals surface area contributed by atoms with Gasteiger partial charge in [-0.3, -0.25) is 5.10 Å². The summed E-state index contributed by atoms with van der Waals surface area (Å²) in [5, 5.41) is 6.60. The lowest BCUT2D eigenvalue weighted by Gasteiger charge is -2.09. The molecule has 0 bridgehead atoms. The number of halogens is 2. The molecule has 0 unspecified atom stereocenters. The van der Waals surface area contributed by atoms with E-state index in [1.54, 1.807) is 6.07 Å². The maximum absolute atomic E-state index is 13.6. The number of ether oxygens (including phenoxy) is 1. The molecule has 0 aliphatic carbocycles. The van der Waals surface area contributed by atoms with Gasteiger partial charge >= 0.3 is 0 Å². The van der Waals surface area contributed by atoms with E-state index in [0.717, 1.165) is 0 Å². The van der Waals surface area contributed by atoms with Crippen LogP contribution in [0.2, 0.25) is 5.02 Å². The fraction of sp³-hybridized carbons (Fsp3) is 0.100. The first-order valence-electron chi connectivity index (χ1n) is 4.45.